The van der Waals surface area contributed by atoms with Gasteiger partial charge in [-0.1, -0.05) is 12.7 Å². The van der Waals surface area contributed by atoms with Gasteiger partial charge in [-0.25, -0.2) is 4.21 Å². The molecule has 2 atom stereocenters. The van der Waals surface area contributed by atoms with Crippen molar-refractivity contribution in [3.63, 3.8) is 0 Å². The van der Waals surface area contributed by atoms with Crippen molar-refractivity contribution in [2.75, 3.05) is 11.9 Å². The number of nitrogens with zero attached hydrogens (tertiary/aromatic N) is 1. The number of allylic oxidation sites excluding steroid dienone is 2. The summed E-state index contributed by atoms with van der Waals surface area (Å²) in [6.07, 6.45) is 1.63. The number of aliphatic hydroxyl groups is 1. The van der Waals surface area contributed by atoms with Gasteiger partial charge >= 0.3 is 0 Å². The van der Waals surface area contributed by atoms with Crippen LogP contribution in [0.5, 0.6) is 0 Å². The summed E-state index contributed by atoms with van der Waals surface area (Å²) < 4.78 is 19.0. The number of hydrogen-bond acceptors (Lipinski definition) is 5. The maximum absolute atomic E-state index is 11.1. The fourth-order valence-electron chi connectivity index (χ4n) is 1.51. The van der Waals surface area contributed by atoms with Crippen LogP contribution in [0.1, 0.15) is 6.92 Å². The lowest BCUT2D eigenvalue weighted by atomic mass is 10.3. The van der Waals surface area contributed by atoms with Crippen LogP contribution < -0.4 is 16.4 Å². The van der Waals surface area contributed by atoms with E-state index in [9.17, 15) is 4.21 Å². The van der Waals surface area contributed by atoms with Crippen molar-refractivity contribution >= 4 is 44.8 Å². The van der Waals surface area contributed by atoms with Gasteiger partial charge < -0.3 is 21.5 Å². The first-order valence-corrected chi connectivity index (χ1v) is 9.00. The van der Waals surface area contributed by atoms with Gasteiger partial charge in [0.25, 0.3) is 0 Å². The fourth-order valence-corrected chi connectivity index (χ4v) is 2.20. The third-order valence-electron chi connectivity index (χ3n) is 2.67. The topological polar surface area (TPSA) is 124 Å². The number of guanidine groups is 1. The lowest BCUT2D eigenvalue weighted by Crippen LogP contribution is -2.31. The number of benzene rings is 1. The van der Waals surface area contributed by atoms with E-state index in [1.807, 2.05) is 6.92 Å². The quantitative estimate of drug-likeness (QED) is 0.125. The monoisotopic (exact) mass is 449 g/mol. The molecule has 1 unspecified atom stereocenters. The maximum atomic E-state index is 11.1. The molecule has 23 heavy (non-hydrogen) atoms. The van der Waals surface area contributed by atoms with Gasteiger partial charge in [0.05, 0.1) is 20.8 Å². The van der Waals surface area contributed by atoms with Gasteiger partial charge in [-0.05, 0) is 53.8 Å². The minimum Gasteiger partial charge on any atom is -0.394 e. The Morgan fingerprint density at radius 1 is 1.57 bits per heavy atom. The molecule has 6 N–H and O–H groups in total. The summed E-state index contributed by atoms with van der Waals surface area (Å²) in [5.41, 5.74) is 6.55. The Hall–Kier alpha value is -1.59. The zero-order valence-corrected chi connectivity index (χ0v) is 15.6. The normalized spacial score (nSPS) is 15.3. The van der Waals surface area contributed by atoms with Crippen LogP contribution in [0.2, 0.25) is 0 Å². The molecule has 7 nitrogen and oxygen atoms in total. The van der Waals surface area contributed by atoms with Crippen molar-refractivity contribution in [1.29, 1.82) is 4.78 Å². The van der Waals surface area contributed by atoms with E-state index in [0.29, 0.717) is 16.4 Å². The van der Waals surface area contributed by atoms with Crippen LogP contribution in [0.4, 0.5) is 5.69 Å². The molecule has 0 radical (unpaired) electrons. The minimum atomic E-state index is -2.11. The largest absolute Gasteiger partial charge is 0.394 e. The molecule has 1 rings (SSSR count). The second kappa shape index (κ2) is 9.53. The summed E-state index contributed by atoms with van der Waals surface area (Å²) in [5, 5.41) is 15.1. The molecule has 1 aromatic rings. The summed E-state index contributed by atoms with van der Waals surface area (Å²) in [4.78, 5) is 4.70. The predicted octanol–water partition coefficient (Wildman–Crippen LogP) is 1.78. The number of aliphatic hydroxyl groups excluding tert-OH is 1. The van der Waals surface area contributed by atoms with Gasteiger partial charge in [0.1, 0.15) is 5.82 Å². The molecule has 0 heterocycles. The predicted molar refractivity (Wildman–Crippen MR) is 103 cm³/mol. The molecule has 0 spiro atoms. The number of hydrogen-bond donors (Lipinski definition) is 6. The van der Waals surface area contributed by atoms with E-state index in [4.69, 9.17) is 15.6 Å². The molecule has 0 aliphatic carbocycles. The van der Waals surface area contributed by atoms with Gasteiger partial charge in [0.15, 0.2) is 5.96 Å². The molecule has 0 amide bonds. The Balaban J connectivity index is 2.93. The number of thiol groups is 1. The highest BCUT2D eigenvalue weighted by Crippen LogP contribution is 2.14. The van der Waals surface area contributed by atoms with Crippen molar-refractivity contribution in [2.24, 2.45) is 10.7 Å². The molecular weight excluding hydrogens is 429 g/mol. The van der Waals surface area contributed by atoms with E-state index in [1.54, 1.807) is 30.3 Å². The van der Waals surface area contributed by atoms with Gasteiger partial charge in [0.2, 0.25) is 0 Å². The maximum Gasteiger partial charge on any atom is 0.199 e. The molecule has 0 fully saturated rings. The van der Waals surface area contributed by atoms with E-state index in [1.165, 1.54) is 0 Å². The number of nitrogens with two attached hydrogens (primary N) is 1. The van der Waals surface area contributed by atoms with E-state index in [2.05, 4.69) is 44.8 Å². The molecule has 126 valence electrons. The van der Waals surface area contributed by atoms with Gasteiger partial charge in [-0.15, -0.1) is 0 Å². The van der Waals surface area contributed by atoms with E-state index >= 15 is 0 Å². The van der Waals surface area contributed by atoms with Crippen molar-refractivity contribution in [2.45, 2.75) is 17.9 Å². The minimum absolute atomic E-state index is 0.0415. The molecule has 0 saturated heterocycles. The fraction of sp³-hybridized carbons (Fsp3) is 0.214. The van der Waals surface area contributed by atoms with Gasteiger partial charge in [0, 0.05) is 16.6 Å². The zero-order chi connectivity index (χ0) is 17.4. The number of halogens is 1. The molecule has 0 aliphatic heterocycles. The zero-order valence-electron chi connectivity index (χ0n) is 12.6. The lowest BCUT2D eigenvalue weighted by molar-refractivity contribution is 0.258. The van der Waals surface area contributed by atoms with Crippen LogP contribution in [0, 0.1) is 4.78 Å². The summed E-state index contributed by atoms with van der Waals surface area (Å²) in [5.74, 6) is 0.648. The van der Waals surface area contributed by atoms with E-state index in [-0.39, 0.29) is 18.6 Å². The smallest absolute Gasteiger partial charge is 0.199 e. The Morgan fingerprint density at radius 3 is 2.65 bits per heavy atom. The summed E-state index contributed by atoms with van der Waals surface area (Å²) in [6.45, 7) is 5.46. The van der Waals surface area contributed by atoms with Crippen molar-refractivity contribution < 1.29 is 9.32 Å². The number of aliphatic imine (C=N–C) groups is 1. The molecular formula is C14H20IN5O2S. The van der Waals surface area contributed by atoms with Crippen molar-refractivity contribution in [3.8, 4) is 0 Å². The van der Waals surface area contributed by atoms with Gasteiger partial charge in [-0.2, -0.15) is 4.99 Å². The molecule has 0 aliphatic rings. The summed E-state index contributed by atoms with van der Waals surface area (Å²) >= 11 is 2.07. The average Bonchev–Trinajstić information content (AvgIpc) is 2.53. The molecule has 0 saturated carbocycles. The Bertz CT molecular complexity index is 675. The number of rotatable bonds is 7. The van der Waals surface area contributed by atoms with Crippen LogP contribution in [0.15, 0.2) is 56.2 Å². The van der Waals surface area contributed by atoms with Gasteiger partial charge in [-0.3, -0.25) is 4.78 Å². The first kappa shape index (κ1) is 19.5. The average molecular weight is 449 g/mol. The Kier molecular flexibility index (Phi) is 8.06. The highest BCUT2D eigenvalue weighted by Gasteiger charge is 2.06. The number of anilines is 1. The highest BCUT2D eigenvalue weighted by molar-refractivity contribution is 14.1. The van der Waals surface area contributed by atoms with Crippen LogP contribution in [0.25, 0.3) is 0 Å². The lowest BCUT2D eigenvalue weighted by Gasteiger charge is -2.15. The molecule has 0 aromatic heterocycles. The number of nitrogens with one attached hydrogen (secondary N) is 3. The molecule has 9 heteroatoms. The standard InChI is InChI=1S/C14H20IN5O2S/c1-3-12(15)13(18-9(2)8-21)20-14(16)19-10-4-6-11(7-5-10)23(17)22/h3-7,9,17-18,21,23H,1,8H2,2H3,(H3,16,19,20)/b13-12+/t9-/m1/s1. The SMILES string of the molecule is C=C/C(I)=C(\N=C(/N)Nc1ccc([SH](=N)=O)cc1)N[C@H](C)CO. The van der Waals surface area contributed by atoms with Crippen LogP contribution in [-0.2, 0) is 10.6 Å². The van der Waals surface area contributed by atoms with Crippen LogP contribution in [-0.4, -0.2) is 27.9 Å². The Labute approximate surface area is 150 Å². The second-order valence-corrected chi connectivity index (χ2v) is 6.86. The highest BCUT2D eigenvalue weighted by atomic mass is 127. The third kappa shape index (κ3) is 6.59. The first-order chi connectivity index (χ1) is 10.9. The van der Waals surface area contributed by atoms with E-state index < -0.39 is 10.6 Å². The second-order valence-electron chi connectivity index (χ2n) is 4.59. The molecule has 0 bridgehead atoms. The summed E-state index contributed by atoms with van der Waals surface area (Å²) in [7, 11) is -2.11. The third-order valence-corrected chi connectivity index (χ3v) is 4.39. The van der Waals surface area contributed by atoms with Crippen molar-refractivity contribution in [3.05, 3.63) is 46.3 Å². The first-order valence-electron chi connectivity index (χ1n) is 6.66. The summed E-state index contributed by atoms with van der Waals surface area (Å²) in [6, 6.07) is 6.35. The molecule has 1 aromatic carbocycles. The van der Waals surface area contributed by atoms with Crippen LogP contribution >= 0.6 is 22.6 Å². The van der Waals surface area contributed by atoms with Crippen LogP contribution in [0.3, 0.4) is 0 Å². The van der Waals surface area contributed by atoms with Crippen molar-refractivity contribution in [1.82, 2.24) is 5.32 Å². The Morgan fingerprint density at radius 2 is 2.17 bits per heavy atom. The van der Waals surface area contributed by atoms with E-state index in [0.717, 1.165) is 3.58 Å².